The minimum atomic E-state index is -1.46. The first-order valence-electron chi connectivity index (χ1n) is 4.91. The van der Waals surface area contributed by atoms with Gasteiger partial charge in [0.05, 0.1) is 6.42 Å². The van der Waals surface area contributed by atoms with Gasteiger partial charge >= 0.3 is 5.97 Å². The summed E-state index contributed by atoms with van der Waals surface area (Å²) in [6, 6.07) is 1.19. The van der Waals surface area contributed by atoms with E-state index in [0.29, 0.717) is 0 Å². The lowest BCUT2D eigenvalue weighted by Gasteiger charge is -2.12. The Balaban J connectivity index is 2.85. The Kier molecular flexibility index (Phi) is 4.19. The summed E-state index contributed by atoms with van der Waals surface area (Å²) in [6.45, 7) is 0. The van der Waals surface area contributed by atoms with Crippen molar-refractivity contribution in [3.05, 3.63) is 34.2 Å². The van der Waals surface area contributed by atoms with E-state index in [2.05, 4.69) is 4.98 Å². The summed E-state index contributed by atoms with van der Waals surface area (Å²) >= 11 is 0. The molecule has 0 aliphatic heterocycles. The van der Waals surface area contributed by atoms with Crippen LogP contribution in [-0.2, 0) is 9.59 Å². The number of carboxylic acid groups (broad SMARTS) is 1. The number of nitrogens with two attached hydrogens (primary N) is 1. The van der Waals surface area contributed by atoms with Crippen molar-refractivity contribution in [2.24, 2.45) is 5.73 Å². The van der Waals surface area contributed by atoms with Crippen LogP contribution < -0.4 is 16.6 Å². The quantitative estimate of drug-likeness (QED) is 0.501. The molecule has 0 aliphatic rings. The molecule has 0 spiro atoms. The summed E-state index contributed by atoms with van der Waals surface area (Å²) in [6.07, 6.45) is 0.781. The van der Waals surface area contributed by atoms with Gasteiger partial charge in [-0.3, -0.25) is 14.4 Å². The molecular weight excluding hydrogens is 242 g/mol. The van der Waals surface area contributed by atoms with E-state index in [4.69, 9.17) is 10.8 Å². The van der Waals surface area contributed by atoms with Crippen molar-refractivity contribution in [3.8, 4) is 0 Å². The number of carboxylic acids is 1. The Hall–Kier alpha value is -2.64. The highest BCUT2D eigenvalue weighted by atomic mass is 16.4. The van der Waals surface area contributed by atoms with Gasteiger partial charge in [-0.2, -0.15) is 0 Å². The Labute approximate surface area is 101 Å². The maximum absolute atomic E-state index is 11.6. The van der Waals surface area contributed by atoms with Crippen LogP contribution in [0.15, 0.2) is 23.1 Å². The van der Waals surface area contributed by atoms with Gasteiger partial charge in [-0.25, -0.2) is 4.79 Å². The Morgan fingerprint density at radius 1 is 1.44 bits per heavy atom. The molecule has 0 aromatic carbocycles. The van der Waals surface area contributed by atoms with E-state index in [1.807, 2.05) is 5.32 Å². The number of carbonyl (C=O) groups is 3. The lowest BCUT2D eigenvalue weighted by atomic mass is 10.2. The van der Waals surface area contributed by atoms with E-state index in [1.165, 1.54) is 18.3 Å². The maximum atomic E-state index is 11.6. The SMILES string of the molecule is NC(=O)CC(NC(=O)c1ccc[nH]c1=O)C(=O)O. The zero-order chi connectivity index (χ0) is 13.7. The summed E-state index contributed by atoms with van der Waals surface area (Å²) in [4.78, 5) is 46.6. The molecule has 5 N–H and O–H groups in total. The molecule has 18 heavy (non-hydrogen) atoms. The first-order valence-corrected chi connectivity index (χ1v) is 4.91. The number of aromatic amines is 1. The summed E-state index contributed by atoms with van der Waals surface area (Å²) in [5.74, 6) is -3.16. The van der Waals surface area contributed by atoms with Gasteiger partial charge in [-0.1, -0.05) is 0 Å². The molecule has 96 valence electrons. The summed E-state index contributed by atoms with van der Waals surface area (Å²) < 4.78 is 0. The van der Waals surface area contributed by atoms with Crippen LogP contribution in [0.2, 0.25) is 0 Å². The first-order chi connectivity index (χ1) is 8.41. The molecule has 8 heteroatoms. The van der Waals surface area contributed by atoms with E-state index in [1.54, 1.807) is 0 Å². The van der Waals surface area contributed by atoms with Gasteiger partial charge in [-0.15, -0.1) is 0 Å². The molecule has 2 amide bonds. The average Bonchev–Trinajstić information content (AvgIpc) is 2.27. The minimum absolute atomic E-state index is 0.242. The van der Waals surface area contributed by atoms with Crippen LogP contribution >= 0.6 is 0 Å². The number of primary amides is 1. The number of rotatable bonds is 5. The van der Waals surface area contributed by atoms with Gasteiger partial charge < -0.3 is 21.1 Å². The number of aromatic nitrogens is 1. The standard InChI is InChI=1S/C10H11N3O5/c11-7(14)4-6(10(17)18)13-9(16)5-2-1-3-12-8(5)15/h1-3,6H,4H2,(H2,11,14)(H,12,15)(H,13,16)(H,17,18). The predicted molar refractivity (Wildman–Crippen MR) is 59.8 cm³/mol. The third kappa shape index (κ3) is 3.44. The number of carbonyl (C=O) groups excluding carboxylic acids is 2. The third-order valence-corrected chi connectivity index (χ3v) is 2.07. The normalized spacial score (nSPS) is 11.6. The largest absolute Gasteiger partial charge is 0.480 e. The minimum Gasteiger partial charge on any atom is -0.480 e. The average molecular weight is 253 g/mol. The van der Waals surface area contributed by atoms with Gasteiger partial charge in [0.15, 0.2) is 0 Å². The van der Waals surface area contributed by atoms with Gasteiger partial charge in [0.2, 0.25) is 5.91 Å². The van der Waals surface area contributed by atoms with E-state index in [9.17, 15) is 19.2 Å². The number of hydrogen-bond acceptors (Lipinski definition) is 4. The van der Waals surface area contributed by atoms with E-state index in [-0.39, 0.29) is 5.56 Å². The topological polar surface area (TPSA) is 142 Å². The Bertz CT molecular complexity index is 536. The molecule has 0 saturated heterocycles. The molecular formula is C10H11N3O5. The van der Waals surface area contributed by atoms with E-state index in [0.717, 1.165) is 0 Å². The molecule has 1 atom stereocenters. The molecule has 1 aromatic heterocycles. The predicted octanol–water partition coefficient (Wildman–Crippen LogP) is -1.57. The zero-order valence-corrected chi connectivity index (χ0v) is 9.17. The molecule has 0 fully saturated rings. The smallest absolute Gasteiger partial charge is 0.326 e. The molecule has 0 bridgehead atoms. The van der Waals surface area contributed by atoms with E-state index >= 15 is 0 Å². The molecule has 1 aromatic rings. The molecule has 0 aliphatic carbocycles. The number of hydrogen-bond donors (Lipinski definition) is 4. The molecule has 1 heterocycles. The van der Waals surface area contributed by atoms with Crippen LogP contribution in [0.1, 0.15) is 16.8 Å². The second kappa shape index (κ2) is 5.62. The van der Waals surface area contributed by atoms with Crippen molar-refractivity contribution >= 4 is 17.8 Å². The van der Waals surface area contributed by atoms with Gasteiger partial charge in [0.1, 0.15) is 11.6 Å². The molecule has 0 radical (unpaired) electrons. The second-order valence-corrected chi connectivity index (χ2v) is 3.45. The fourth-order valence-electron chi connectivity index (χ4n) is 1.24. The lowest BCUT2D eigenvalue weighted by molar-refractivity contribution is -0.140. The highest BCUT2D eigenvalue weighted by Gasteiger charge is 2.23. The Morgan fingerprint density at radius 3 is 2.61 bits per heavy atom. The van der Waals surface area contributed by atoms with Crippen LogP contribution in [-0.4, -0.2) is 33.9 Å². The molecule has 1 rings (SSSR count). The maximum Gasteiger partial charge on any atom is 0.326 e. The fraction of sp³-hybridized carbons (Fsp3) is 0.200. The van der Waals surface area contributed by atoms with Crippen molar-refractivity contribution in [2.45, 2.75) is 12.5 Å². The summed E-state index contributed by atoms with van der Waals surface area (Å²) in [5, 5.41) is 10.8. The molecule has 1 unspecified atom stereocenters. The summed E-state index contributed by atoms with van der Waals surface area (Å²) in [5.41, 5.74) is 3.96. The zero-order valence-electron chi connectivity index (χ0n) is 9.17. The van der Waals surface area contributed by atoms with Gasteiger partial charge in [0.25, 0.3) is 11.5 Å². The number of aliphatic carboxylic acids is 1. The molecule has 8 nitrogen and oxygen atoms in total. The Morgan fingerprint density at radius 2 is 2.11 bits per heavy atom. The number of nitrogens with one attached hydrogen (secondary N) is 2. The first kappa shape index (κ1) is 13.4. The summed E-state index contributed by atoms with van der Waals surface area (Å²) in [7, 11) is 0. The number of amides is 2. The van der Waals surface area contributed by atoms with Crippen molar-refractivity contribution in [1.29, 1.82) is 0 Å². The monoisotopic (exact) mass is 253 g/mol. The van der Waals surface area contributed by atoms with E-state index < -0.39 is 35.8 Å². The lowest BCUT2D eigenvalue weighted by Crippen LogP contribution is -2.44. The third-order valence-electron chi connectivity index (χ3n) is 2.07. The van der Waals surface area contributed by atoms with Crippen molar-refractivity contribution in [1.82, 2.24) is 10.3 Å². The van der Waals surface area contributed by atoms with Crippen molar-refractivity contribution in [3.63, 3.8) is 0 Å². The van der Waals surface area contributed by atoms with Crippen LogP contribution in [0, 0.1) is 0 Å². The molecule has 0 saturated carbocycles. The number of pyridine rings is 1. The van der Waals surface area contributed by atoms with Crippen LogP contribution in [0.4, 0.5) is 0 Å². The van der Waals surface area contributed by atoms with Crippen LogP contribution in [0.3, 0.4) is 0 Å². The second-order valence-electron chi connectivity index (χ2n) is 3.45. The highest BCUT2D eigenvalue weighted by molar-refractivity contribution is 5.97. The van der Waals surface area contributed by atoms with Crippen LogP contribution in [0.5, 0.6) is 0 Å². The highest BCUT2D eigenvalue weighted by Crippen LogP contribution is 1.96. The number of H-pyrrole nitrogens is 1. The fourth-order valence-corrected chi connectivity index (χ4v) is 1.24. The van der Waals surface area contributed by atoms with Crippen molar-refractivity contribution < 1.29 is 19.5 Å². The van der Waals surface area contributed by atoms with Crippen molar-refractivity contribution in [2.75, 3.05) is 0 Å². The van der Waals surface area contributed by atoms with Crippen LogP contribution in [0.25, 0.3) is 0 Å². The van der Waals surface area contributed by atoms with Gasteiger partial charge in [-0.05, 0) is 12.1 Å². The van der Waals surface area contributed by atoms with Gasteiger partial charge in [0, 0.05) is 6.20 Å².